The molecule has 0 fully saturated rings. The Kier molecular flexibility index (Phi) is 8.48. The van der Waals surface area contributed by atoms with E-state index in [0.717, 1.165) is 11.1 Å². The summed E-state index contributed by atoms with van der Waals surface area (Å²) < 4.78 is 24.5. The van der Waals surface area contributed by atoms with E-state index in [9.17, 15) is 14.0 Å². The number of carbonyl (C=O) groups is 2. The number of halogens is 1. The molecule has 1 N–H and O–H groups in total. The standard InChI is InChI=1S/C29H33FN2O6/c1-17(2)37-29(34)25-19(4)31-18(3)24(26(25)23-8-6-7-21-16-36-38-27(21)23)28(33)35-14-13-32(5)15-20-9-11-22(30)12-10-20/h6-12,17,26,31H,13-16H2,1-5H3. The lowest BCUT2D eigenvalue weighted by Gasteiger charge is -2.31. The van der Waals surface area contributed by atoms with Crippen LogP contribution in [0, 0.1) is 5.82 Å². The second-order valence-electron chi connectivity index (χ2n) is 9.77. The van der Waals surface area contributed by atoms with Gasteiger partial charge in [-0.25, -0.2) is 14.0 Å². The summed E-state index contributed by atoms with van der Waals surface area (Å²) in [6.07, 6.45) is -0.344. The summed E-state index contributed by atoms with van der Waals surface area (Å²) in [6.45, 7) is 8.53. The fourth-order valence-electron chi connectivity index (χ4n) is 4.68. The molecule has 4 rings (SSSR count). The van der Waals surface area contributed by atoms with Gasteiger partial charge in [0.1, 0.15) is 19.0 Å². The van der Waals surface area contributed by atoms with Crippen LogP contribution in [-0.4, -0.2) is 43.1 Å². The molecule has 2 aliphatic rings. The lowest BCUT2D eigenvalue weighted by molar-refractivity contribution is -0.195. The maximum absolute atomic E-state index is 13.5. The number of fused-ring (bicyclic) bond motifs is 1. The van der Waals surface area contributed by atoms with Gasteiger partial charge in [-0.2, -0.15) is 4.89 Å². The number of allylic oxidation sites excluding steroid dienone is 2. The van der Waals surface area contributed by atoms with E-state index in [2.05, 4.69) is 5.32 Å². The smallest absolute Gasteiger partial charge is 0.337 e. The Labute approximate surface area is 221 Å². The SMILES string of the molecule is CC1=C(C(=O)OCCN(C)Cc2ccc(F)cc2)C(c2cccc3c2OOC3)C(C(=O)OC(C)C)=C(C)N1. The number of likely N-dealkylation sites (N-methyl/N-ethyl adjacent to an activating group) is 1. The molecule has 0 bridgehead atoms. The molecule has 0 aliphatic carbocycles. The molecule has 9 heteroatoms. The Morgan fingerprint density at radius 3 is 2.45 bits per heavy atom. The molecular weight excluding hydrogens is 491 g/mol. The van der Waals surface area contributed by atoms with Crippen molar-refractivity contribution < 1.29 is 33.2 Å². The summed E-state index contributed by atoms with van der Waals surface area (Å²) in [5.74, 6) is -1.65. The van der Waals surface area contributed by atoms with Crippen molar-refractivity contribution in [2.24, 2.45) is 0 Å². The number of hydrogen-bond donors (Lipinski definition) is 1. The zero-order valence-corrected chi connectivity index (χ0v) is 22.3. The molecular formula is C29H33FN2O6. The van der Waals surface area contributed by atoms with Gasteiger partial charge in [-0.3, -0.25) is 4.90 Å². The summed E-state index contributed by atoms with van der Waals surface area (Å²) in [5, 5.41) is 3.16. The monoisotopic (exact) mass is 524 g/mol. The second kappa shape index (κ2) is 11.8. The van der Waals surface area contributed by atoms with Crippen LogP contribution in [-0.2, 0) is 37.1 Å². The number of esters is 2. The Balaban J connectivity index is 1.57. The minimum atomic E-state index is -0.774. The highest BCUT2D eigenvalue weighted by molar-refractivity contribution is 6.00. The van der Waals surface area contributed by atoms with E-state index >= 15 is 0 Å². The summed E-state index contributed by atoms with van der Waals surface area (Å²) >= 11 is 0. The van der Waals surface area contributed by atoms with Gasteiger partial charge in [0.2, 0.25) is 0 Å². The van der Waals surface area contributed by atoms with Crippen molar-refractivity contribution in [3.63, 3.8) is 0 Å². The van der Waals surface area contributed by atoms with Crippen molar-refractivity contribution in [1.29, 1.82) is 0 Å². The average Bonchev–Trinajstić information content (AvgIpc) is 3.33. The van der Waals surface area contributed by atoms with Crippen LogP contribution in [0.15, 0.2) is 65.0 Å². The molecule has 2 aromatic carbocycles. The summed E-state index contributed by atoms with van der Waals surface area (Å²) in [4.78, 5) is 39.5. The third-order valence-electron chi connectivity index (χ3n) is 6.41. The van der Waals surface area contributed by atoms with Crippen LogP contribution in [0.2, 0.25) is 0 Å². The fraction of sp³-hybridized carbons (Fsp3) is 0.379. The first-order valence-corrected chi connectivity index (χ1v) is 12.6. The third kappa shape index (κ3) is 6.06. The number of hydrogen-bond acceptors (Lipinski definition) is 8. The van der Waals surface area contributed by atoms with Crippen molar-refractivity contribution in [3.8, 4) is 5.75 Å². The fourth-order valence-corrected chi connectivity index (χ4v) is 4.68. The van der Waals surface area contributed by atoms with E-state index in [1.807, 2.05) is 30.1 Å². The number of dihydropyridines is 1. The second-order valence-corrected chi connectivity index (χ2v) is 9.77. The molecule has 0 amide bonds. The topological polar surface area (TPSA) is 86.3 Å². The zero-order valence-electron chi connectivity index (χ0n) is 22.3. The van der Waals surface area contributed by atoms with Gasteiger partial charge in [0.15, 0.2) is 5.75 Å². The van der Waals surface area contributed by atoms with Crippen molar-refractivity contribution in [3.05, 3.63) is 87.5 Å². The van der Waals surface area contributed by atoms with Gasteiger partial charge >= 0.3 is 11.9 Å². The molecule has 1 atom stereocenters. The molecule has 2 heterocycles. The molecule has 0 saturated heterocycles. The van der Waals surface area contributed by atoms with Crippen molar-refractivity contribution in [2.45, 2.75) is 52.9 Å². The van der Waals surface area contributed by atoms with E-state index in [1.54, 1.807) is 39.8 Å². The highest BCUT2D eigenvalue weighted by Crippen LogP contribution is 2.45. The van der Waals surface area contributed by atoms with Gasteiger partial charge in [0.05, 0.1) is 23.2 Å². The number of ether oxygens (including phenoxy) is 2. The molecule has 0 radical (unpaired) electrons. The molecule has 2 aliphatic heterocycles. The maximum Gasteiger partial charge on any atom is 0.337 e. The molecule has 8 nitrogen and oxygen atoms in total. The largest absolute Gasteiger partial charge is 0.461 e. The summed E-state index contributed by atoms with van der Waals surface area (Å²) in [6, 6.07) is 11.8. The van der Waals surface area contributed by atoms with Crippen LogP contribution in [0.3, 0.4) is 0 Å². The lowest BCUT2D eigenvalue weighted by atomic mass is 9.79. The Morgan fingerprint density at radius 2 is 1.76 bits per heavy atom. The van der Waals surface area contributed by atoms with Crippen LogP contribution in [0.5, 0.6) is 5.75 Å². The van der Waals surface area contributed by atoms with Crippen molar-refractivity contribution in [2.75, 3.05) is 20.2 Å². The molecule has 1 unspecified atom stereocenters. The number of carbonyl (C=O) groups excluding carboxylic acids is 2. The van der Waals surface area contributed by atoms with Crippen molar-refractivity contribution in [1.82, 2.24) is 10.2 Å². The Bertz CT molecular complexity index is 1270. The van der Waals surface area contributed by atoms with Crippen LogP contribution in [0.1, 0.15) is 50.3 Å². The van der Waals surface area contributed by atoms with E-state index in [0.29, 0.717) is 46.9 Å². The molecule has 202 valence electrons. The van der Waals surface area contributed by atoms with E-state index in [-0.39, 0.29) is 25.1 Å². The predicted molar refractivity (Wildman–Crippen MR) is 138 cm³/mol. The first-order chi connectivity index (χ1) is 18.2. The minimum Gasteiger partial charge on any atom is -0.461 e. The van der Waals surface area contributed by atoms with E-state index in [1.165, 1.54) is 12.1 Å². The van der Waals surface area contributed by atoms with Crippen molar-refractivity contribution >= 4 is 11.9 Å². The maximum atomic E-state index is 13.5. The number of para-hydroxylation sites is 1. The Hall–Kier alpha value is -3.69. The summed E-state index contributed by atoms with van der Waals surface area (Å²) in [5.41, 5.74) is 4.17. The number of nitrogens with zero attached hydrogens (tertiary/aromatic N) is 1. The third-order valence-corrected chi connectivity index (χ3v) is 6.41. The molecule has 38 heavy (non-hydrogen) atoms. The van der Waals surface area contributed by atoms with Gasteiger partial charge in [-0.15, -0.1) is 0 Å². The predicted octanol–water partition coefficient (Wildman–Crippen LogP) is 4.51. The van der Waals surface area contributed by atoms with Gasteiger partial charge in [-0.1, -0.05) is 30.3 Å². The van der Waals surface area contributed by atoms with E-state index < -0.39 is 17.9 Å². The number of rotatable bonds is 9. The molecule has 0 aromatic heterocycles. The molecule has 0 spiro atoms. The lowest BCUT2D eigenvalue weighted by Crippen LogP contribution is -2.34. The molecule has 0 saturated carbocycles. The van der Waals surface area contributed by atoms with Crippen LogP contribution < -0.4 is 10.2 Å². The first-order valence-electron chi connectivity index (χ1n) is 12.6. The van der Waals surface area contributed by atoms with Crippen LogP contribution in [0.25, 0.3) is 0 Å². The van der Waals surface area contributed by atoms with Crippen LogP contribution >= 0.6 is 0 Å². The highest BCUT2D eigenvalue weighted by atomic mass is 19.1. The average molecular weight is 525 g/mol. The normalized spacial score (nSPS) is 16.9. The number of nitrogens with one attached hydrogen (secondary N) is 1. The van der Waals surface area contributed by atoms with Gasteiger partial charge < -0.3 is 19.7 Å². The minimum absolute atomic E-state index is 0.126. The highest BCUT2D eigenvalue weighted by Gasteiger charge is 2.41. The quantitative estimate of drug-likeness (QED) is 0.379. The first kappa shape index (κ1) is 27.3. The summed E-state index contributed by atoms with van der Waals surface area (Å²) in [7, 11) is 1.89. The van der Waals surface area contributed by atoms with Gasteiger partial charge in [0.25, 0.3) is 0 Å². The van der Waals surface area contributed by atoms with E-state index in [4.69, 9.17) is 19.2 Å². The van der Waals surface area contributed by atoms with Gasteiger partial charge in [0, 0.05) is 35.6 Å². The van der Waals surface area contributed by atoms with Gasteiger partial charge in [-0.05, 0) is 52.4 Å². The Morgan fingerprint density at radius 1 is 1.08 bits per heavy atom. The van der Waals surface area contributed by atoms with Crippen LogP contribution in [0.4, 0.5) is 4.39 Å². The number of benzene rings is 2. The molecule has 2 aromatic rings. The zero-order chi connectivity index (χ0) is 27.4.